The molecule has 1 heterocycles. The number of rotatable bonds is 5. The highest BCUT2D eigenvalue weighted by Gasteiger charge is 2.38. The molecule has 2 nitrogen and oxygen atoms in total. The van der Waals surface area contributed by atoms with Gasteiger partial charge in [0.25, 0.3) is 0 Å². The zero-order valence-corrected chi connectivity index (χ0v) is 7.55. The van der Waals surface area contributed by atoms with E-state index >= 15 is 0 Å². The number of nitriles is 1. The molecule has 1 rings (SSSR count). The van der Waals surface area contributed by atoms with Crippen LogP contribution in [0.5, 0.6) is 0 Å². The first-order valence-electron chi connectivity index (χ1n) is 4.35. The van der Waals surface area contributed by atoms with Crippen molar-refractivity contribution in [2.45, 2.75) is 31.8 Å². The van der Waals surface area contributed by atoms with E-state index in [0.29, 0.717) is 0 Å². The molecule has 0 aromatic carbocycles. The summed E-state index contributed by atoms with van der Waals surface area (Å²) in [5.41, 5.74) is 0.0935. The Morgan fingerprint density at radius 2 is 2.50 bits per heavy atom. The molecule has 66 valence electrons. The van der Waals surface area contributed by atoms with Crippen molar-refractivity contribution >= 4 is 0 Å². The highest BCUT2D eigenvalue weighted by Crippen LogP contribution is 2.32. The van der Waals surface area contributed by atoms with Crippen molar-refractivity contribution in [3.05, 3.63) is 12.7 Å². The Labute approximate surface area is 73.8 Å². The van der Waals surface area contributed by atoms with Crippen LogP contribution in [0, 0.1) is 17.2 Å². The average Bonchev–Trinajstić information content (AvgIpc) is 2.78. The van der Waals surface area contributed by atoms with Gasteiger partial charge in [0, 0.05) is 5.92 Å². The Morgan fingerprint density at radius 3 is 2.92 bits per heavy atom. The highest BCUT2D eigenvalue weighted by atomic mass is 16.6. The Bertz CT molecular complexity index is 200. The molecule has 2 atom stereocenters. The maximum absolute atomic E-state index is 8.74. The van der Waals surface area contributed by atoms with E-state index in [4.69, 9.17) is 10.00 Å². The lowest BCUT2D eigenvalue weighted by Gasteiger charge is -2.07. The predicted molar refractivity (Wildman–Crippen MR) is 47.5 cm³/mol. The minimum atomic E-state index is 0.0935. The molecule has 0 aliphatic carbocycles. The van der Waals surface area contributed by atoms with Gasteiger partial charge in [-0.3, -0.25) is 0 Å². The number of allylic oxidation sites excluding steroid dienone is 1. The molecule has 0 saturated carbocycles. The summed E-state index contributed by atoms with van der Waals surface area (Å²) >= 11 is 0. The molecule has 0 aromatic heterocycles. The molecule has 0 N–H and O–H groups in total. The summed E-state index contributed by atoms with van der Waals surface area (Å²) in [6.07, 6.45) is 4.54. The van der Waals surface area contributed by atoms with Gasteiger partial charge >= 0.3 is 0 Å². The van der Waals surface area contributed by atoms with Crippen LogP contribution in [0.3, 0.4) is 0 Å². The van der Waals surface area contributed by atoms with Crippen molar-refractivity contribution in [3.8, 4) is 6.07 Å². The Balaban J connectivity index is 2.19. The predicted octanol–water partition coefficient (Wildman–Crippen LogP) is 2.27. The molecular weight excluding hydrogens is 150 g/mol. The third-order valence-corrected chi connectivity index (χ3v) is 2.29. The zero-order valence-electron chi connectivity index (χ0n) is 7.55. The van der Waals surface area contributed by atoms with E-state index in [0.717, 1.165) is 25.9 Å². The second-order valence-electron chi connectivity index (χ2n) is 3.63. The van der Waals surface area contributed by atoms with Gasteiger partial charge < -0.3 is 4.74 Å². The fourth-order valence-electron chi connectivity index (χ4n) is 1.18. The smallest absolute Gasteiger partial charge is 0.0889 e. The highest BCUT2D eigenvalue weighted by molar-refractivity contribution is 4.93. The topological polar surface area (TPSA) is 36.3 Å². The summed E-state index contributed by atoms with van der Waals surface area (Å²) in [7, 11) is 0. The van der Waals surface area contributed by atoms with Crippen LogP contribution >= 0.6 is 0 Å². The molecule has 0 bridgehead atoms. The van der Waals surface area contributed by atoms with Crippen LogP contribution in [-0.4, -0.2) is 12.2 Å². The molecular formula is C10H15NO. The van der Waals surface area contributed by atoms with E-state index in [-0.39, 0.29) is 11.5 Å². The number of hydrogen-bond donors (Lipinski definition) is 0. The van der Waals surface area contributed by atoms with Gasteiger partial charge in [0.15, 0.2) is 0 Å². The van der Waals surface area contributed by atoms with Crippen LogP contribution in [0.25, 0.3) is 0 Å². The molecule has 1 saturated heterocycles. The average molecular weight is 165 g/mol. The van der Waals surface area contributed by atoms with Crippen LogP contribution < -0.4 is 0 Å². The third-order valence-electron chi connectivity index (χ3n) is 2.29. The SMILES string of the molecule is C=CCC(C#N)CCC1(C)CO1. The van der Waals surface area contributed by atoms with Crippen molar-refractivity contribution in [2.75, 3.05) is 6.61 Å². The number of hydrogen-bond acceptors (Lipinski definition) is 2. The van der Waals surface area contributed by atoms with E-state index in [2.05, 4.69) is 19.6 Å². The van der Waals surface area contributed by atoms with Crippen molar-refractivity contribution in [1.82, 2.24) is 0 Å². The fraction of sp³-hybridized carbons (Fsp3) is 0.700. The monoisotopic (exact) mass is 165 g/mol. The summed E-state index contributed by atoms with van der Waals surface area (Å²) < 4.78 is 5.23. The maximum Gasteiger partial charge on any atom is 0.0889 e. The summed E-state index contributed by atoms with van der Waals surface area (Å²) in [4.78, 5) is 0. The summed E-state index contributed by atoms with van der Waals surface area (Å²) in [5.74, 6) is 0.128. The van der Waals surface area contributed by atoms with E-state index in [1.165, 1.54) is 0 Å². The first-order valence-corrected chi connectivity index (χ1v) is 4.35. The van der Waals surface area contributed by atoms with Crippen LogP contribution in [0.1, 0.15) is 26.2 Å². The van der Waals surface area contributed by atoms with Gasteiger partial charge in [0.05, 0.1) is 18.3 Å². The summed E-state index contributed by atoms with van der Waals surface area (Å²) in [6.45, 7) is 6.58. The Hall–Kier alpha value is -0.810. The Kier molecular flexibility index (Phi) is 2.88. The van der Waals surface area contributed by atoms with E-state index in [1.54, 1.807) is 0 Å². The Morgan fingerprint density at radius 1 is 1.83 bits per heavy atom. The molecule has 2 heteroatoms. The van der Waals surface area contributed by atoms with E-state index in [9.17, 15) is 0 Å². The standard InChI is InChI=1S/C10H15NO/c1-3-4-9(7-11)5-6-10(2)8-12-10/h3,9H,1,4-6,8H2,2H3. The van der Waals surface area contributed by atoms with Crippen LogP contribution in [-0.2, 0) is 4.74 Å². The first kappa shape index (κ1) is 9.28. The first-order chi connectivity index (χ1) is 5.70. The molecule has 1 aliphatic rings. The van der Waals surface area contributed by atoms with Gasteiger partial charge in [-0.25, -0.2) is 0 Å². The van der Waals surface area contributed by atoms with Crippen LogP contribution in [0.2, 0.25) is 0 Å². The molecule has 0 spiro atoms. The lowest BCUT2D eigenvalue weighted by Crippen LogP contribution is -2.07. The van der Waals surface area contributed by atoms with Gasteiger partial charge in [0.1, 0.15) is 0 Å². The minimum Gasteiger partial charge on any atom is -0.370 e. The summed E-state index contributed by atoms with van der Waals surface area (Å²) in [6, 6.07) is 2.28. The summed E-state index contributed by atoms with van der Waals surface area (Å²) in [5, 5.41) is 8.74. The molecule has 1 aliphatic heterocycles. The molecule has 1 fully saturated rings. The second kappa shape index (κ2) is 3.73. The number of ether oxygens (including phenoxy) is 1. The largest absolute Gasteiger partial charge is 0.370 e. The van der Waals surface area contributed by atoms with Gasteiger partial charge in [-0.2, -0.15) is 5.26 Å². The normalized spacial score (nSPS) is 29.0. The number of nitrogens with zero attached hydrogens (tertiary/aromatic N) is 1. The maximum atomic E-state index is 8.74. The fourth-order valence-corrected chi connectivity index (χ4v) is 1.18. The molecule has 12 heavy (non-hydrogen) atoms. The third kappa shape index (κ3) is 2.67. The van der Waals surface area contributed by atoms with Crippen molar-refractivity contribution in [2.24, 2.45) is 5.92 Å². The second-order valence-corrected chi connectivity index (χ2v) is 3.63. The van der Waals surface area contributed by atoms with E-state index < -0.39 is 0 Å². The van der Waals surface area contributed by atoms with Gasteiger partial charge in [-0.1, -0.05) is 6.08 Å². The van der Waals surface area contributed by atoms with Crippen molar-refractivity contribution in [3.63, 3.8) is 0 Å². The van der Waals surface area contributed by atoms with E-state index in [1.807, 2.05) is 6.08 Å². The van der Waals surface area contributed by atoms with Crippen molar-refractivity contribution in [1.29, 1.82) is 5.26 Å². The van der Waals surface area contributed by atoms with Crippen LogP contribution in [0.15, 0.2) is 12.7 Å². The quantitative estimate of drug-likeness (QED) is 0.463. The zero-order chi connectivity index (χ0) is 9.03. The van der Waals surface area contributed by atoms with Gasteiger partial charge in [-0.05, 0) is 26.2 Å². The number of epoxide rings is 1. The molecule has 0 radical (unpaired) electrons. The minimum absolute atomic E-state index is 0.0935. The lowest BCUT2D eigenvalue weighted by molar-refractivity contribution is 0.295. The molecule has 0 amide bonds. The molecule has 2 unspecified atom stereocenters. The molecule has 0 aromatic rings. The van der Waals surface area contributed by atoms with Crippen molar-refractivity contribution < 1.29 is 4.74 Å². The van der Waals surface area contributed by atoms with Crippen LogP contribution in [0.4, 0.5) is 0 Å². The van der Waals surface area contributed by atoms with Gasteiger partial charge in [0.2, 0.25) is 0 Å². The lowest BCUT2D eigenvalue weighted by atomic mass is 9.96. The van der Waals surface area contributed by atoms with Gasteiger partial charge in [-0.15, -0.1) is 6.58 Å².